The van der Waals surface area contributed by atoms with Crippen molar-refractivity contribution in [2.24, 2.45) is 0 Å². The number of nitrogens with zero attached hydrogens (tertiary/aromatic N) is 8. The van der Waals surface area contributed by atoms with Crippen LogP contribution in [0.1, 0.15) is 12.5 Å². The van der Waals surface area contributed by atoms with Crippen molar-refractivity contribution < 1.29 is 46.0 Å². The van der Waals surface area contributed by atoms with E-state index in [1.165, 1.54) is 34.4 Å². The summed E-state index contributed by atoms with van der Waals surface area (Å²) in [5.41, 5.74) is 12.5. The zero-order chi connectivity index (χ0) is 31.7. The zero-order valence-electron chi connectivity index (χ0n) is 22.6. The van der Waals surface area contributed by atoms with Gasteiger partial charge in [0.15, 0.2) is 47.7 Å². The molecule has 4 aromatic rings. The molecule has 10 atom stereocenters. The summed E-state index contributed by atoms with van der Waals surface area (Å²) in [6, 6.07) is 0. The van der Waals surface area contributed by atoms with E-state index >= 15 is 8.78 Å². The van der Waals surface area contributed by atoms with Gasteiger partial charge in [-0.25, -0.2) is 38.7 Å². The fraction of sp³-hybridized carbons (Fsp3) is 0.524. The van der Waals surface area contributed by atoms with Gasteiger partial charge in [-0.05, 0) is 11.8 Å². The number of anilines is 2. The minimum absolute atomic E-state index is 0.0633. The van der Waals surface area contributed by atoms with Gasteiger partial charge in [0.25, 0.3) is 6.57 Å². The van der Waals surface area contributed by atoms with E-state index in [0.717, 1.165) is 0 Å². The number of imidazole rings is 2. The van der Waals surface area contributed by atoms with Gasteiger partial charge < -0.3 is 39.6 Å². The SMILES string of the molecule is Nc1ncnc2c1ncn2[C@@H]1O[C@@H]2COP(O)(=S)O[C@H]3[C@@H](F)[C@H](n4cnc5c(N)ncnc54)O[C@@H]3COP(=O)(S)CO[C@H]2[C@H]1F. The van der Waals surface area contributed by atoms with Gasteiger partial charge in [0.05, 0.1) is 25.9 Å². The Morgan fingerprint density at radius 1 is 0.867 bits per heavy atom. The van der Waals surface area contributed by atoms with E-state index in [0.29, 0.717) is 0 Å². The van der Waals surface area contributed by atoms with Crippen LogP contribution < -0.4 is 11.5 Å². The summed E-state index contributed by atoms with van der Waals surface area (Å²) in [5, 5.41) is 0. The summed E-state index contributed by atoms with van der Waals surface area (Å²) in [4.78, 5) is 35.2. The molecule has 7 rings (SSSR count). The highest BCUT2D eigenvalue weighted by molar-refractivity contribution is 8.46. The lowest BCUT2D eigenvalue weighted by Gasteiger charge is -2.25. The second-order valence-corrected chi connectivity index (χ2v) is 16.6. The molecular weight excluding hydrogens is 684 g/mol. The lowest BCUT2D eigenvalue weighted by Crippen LogP contribution is -2.35. The fourth-order valence-corrected chi connectivity index (χ4v) is 7.95. The molecule has 0 spiro atoms. The van der Waals surface area contributed by atoms with Gasteiger partial charge in [-0.3, -0.25) is 18.2 Å². The number of halogens is 2. The maximum absolute atomic E-state index is 16.1. The maximum atomic E-state index is 16.1. The number of alkyl halides is 2. The number of rotatable bonds is 2. The topological polar surface area (TPSA) is 232 Å². The lowest BCUT2D eigenvalue weighted by atomic mass is 10.1. The Bertz CT molecular complexity index is 1860. The molecule has 0 saturated carbocycles. The minimum Gasteiger partial charge on any atom is -0.382 e. The average Bonchev–Trinajstić information content (AvgIpc) is 3.75. The van der Waals surface area contributed by atoms with Gasteiger partial charge in [-0.2, -0.15) is 0 Å². The molecule has 0 aromatic carbocycles. The van der Waals surface area contributed by atoms with Crippen LogP contribution >= 0.6 is 25.5 Å². The van der Waals surface area contributed by atoms with E-state index in [1.54, 1.807) is 0 Å². The third-order valence-corrected chi connectivity index (χ3v) is 10.7. The first-order valence-corrected chi connectivity index (χ1v) is 18.7. The standard InChI is InChI=1S/C21H24F2N10O8P2S2/c22-10-14-8(39-20(10)32-5-30-12-16(24)26-3-28-18(12)32)2-38-43(35,45)41-15-9(1-37-42(34,44)7-36-14)40-21(11(15)23)33-6-31-13-17(25)27-4-29-19(13)33/h3-6,8-11,14-15,20-21H,1-2,7H2,(H,34,44)(H,35,45)(H2,24,26,28)(H2,25,27,29)/t8-,9-,10-,11-,14-,15-,20-,21-,42?,43?/m1/s1. The van der Waals surface area contributed by atoms with Crippen molar-refractivity contribution in [1.82, 2.24) is 39.0 Å². The Morgan fingerprint density at radius 2 is 1.38 bits per heavy atom. The van der Waals surface area contributed by atoms with Crippen LogP contribution in [0.2, 0.25) is 0 Å². The number of hydrogen-bond donors (Lipinski definition) is 4. The first kappa shape index (κ1) is 31.1. The third-order valence-electron chi connectivity index (χ3n) is 7.38. The van der Waals surface area contributed by atoms with Crippen molar-refractivity contribution >= 4 is 71.3 Å². The highest BCUT2D eigenvalue weighted by Crippen LogP contribution is 2.55. The largest absolute Gasteiger partial charge is 0.382 e. The monoisotopic (exact) mass is 708 g/mol. The van der Waals surface area contributed by atoms with Crippen LogP contribution in [-0.2, 0) is 44.2 Å². The van der Waals surface area contributed by atoms with E-state index in [1.807, 2.05) is 0 Å². The van der Waals surface area contributed by atoms with E-state index in [2.05, 4.69) is 42.2 Å². The van der Waals surface area contributed by atoms with Crippen molar-refractivity contribution in [3.05, 3.63) is 25.3 Å². The Kier molecular flexibility index (Phi) is 8.05. The van der Waals surface area contributed by atoms with Crippen LogP contribution in [0, 0.1) is 0 Å². The molecule has 7 heterocycles. The lowest BCUT2D eigenvalue weighted by molar-refractivity contribution is -0.0539. The van der Waals surface area contributed by atoms with Gasteiger partial charge in [0, 0.05) is 0 Å². The fourth-order valence-electron chi connectivity index (χ4n) is 5.30. The summed E-state index contributed by atoms with van der Waals surface area (Å²) in [7, 11) is 0. The smallest absolute Gasteiger partial charge is 0.325 e. The predicted octanol–water partition coefficient (Wildman–Crippen LogP) is 1.42. The number of hydrogen-bond acceptors (Lipinski definition) is 16. The van der Waals surface area contributed by atoms with Gasteiger partial charge in [0.2, 0.25) is 0 Å². The number of nitrogen functional groups attached to an aromatic ring is 2. The molecule has 45 heavy (non-hydrogen) atoms. The molecule has 3 fully saturated rings. The van der Waals surface area contributed by atoms with Gasteiger partial charge >= 0.3 is 6.72 Å². The molecule has 242 valence electrons. The molecule has 18 nitrogen and oxygen atoms in total. The first-order chi connectivity index (χ1) is 21.4. The van der Waals surface area contributed by atoms with Crippen molar-refractivity contribution in [2.45, 2.75) is 49.2 Å². The molecule has 5 N–H and O–H groups in total. The zero-order valence-corrected chi connectivity index (χ0v) is 26.1. The molecule has 24 heteroatoms. The average molecular weight is 709 g/mol. The van der Waals surface area contributed by atoms with Gasteiger partial charge in [-0.15, -0.1) is 0 Å². The van der Waals surface area contributed by atoms with Crippen molar-refractivity contribution in [3.63, 3.8) is 0 Å². The van der Waals surface area contributed by atoms with Crippen LogP contribution in [-0.4, -0.2) is 100 Å². The summed E-state index contributed by atoms with van der Waals surface area (Å²) in [5.74, 6) is 0.134. The van der Waals surface area contributed by atoms with Crippen LogP contribution in [0.4, 0.5) is 20.4 Å². The van der Waals surface area contributed by atoms with Crippen LogP contribution in [0.25, 0.3) is 22.3 Å². The van der Waals surface area contributed by atoms with Crippen LogP contribution in [0.5, 0.6) is 0 Å². The van der Waals surface area contributed by atoms with E-state index in [-0.39, 0.29) is 34.0 Å². The molecule has 0 radical (unpaired) electrons. The van der Waals surface area contributed by atoms with Gasteiger partial charge in [-0.1, -0.05) is 12.2 Å². The molecule has 0 bridgehead atoms. The number of aromatic nitrogens is 8. The second-order valence-electron chi connectivity index (χ2n) is 10.2. The van der Waals surface area contributed by atoms with Crippen molar-refractivity contribution in [2.75, 3.05) is 31.0 Å². The van der Waals surface area contributed by atoms with Crippen LogP contribution in [0.15, 0.2) is 25.3 Å². The normalized spacial score (nSPS) is 38.0. The van der Waals surface area contributed by atoms with Crippen molar-refractivity contribution in [3.8, 4) is 0 Å². The molecule has 3 aliphatic rings. The highest BCUT2D eigenvalue weighted by Gasteiger charge is 2.52. The quantitative estimate of drug-likeness (QED) is 0.170. The summed E-state index contributed by atoms with van der Waals surface area (Å²) >= 11 is 9.29. The highest BCUT2D eigenvalue weighted by atomic mass is 32.7. The Balaban J connectivity index is 1.16. The molecule has 3 saturated heterocycles. The van der Waals surface area contributed by atoms with E-state index in [4.69, 9.17) is 51.1 Å². The molecule has 4 aromatic heterocycles. The number of ether oxygens (including phenoxy) is 3. The maximum Gasteiger partial charge on any atom is 0.325 e. The Labute approximate surface area is 261 Å². The van der Waals surface area contributed by atoms with Gasteiger partial charge in [0.1, 0.15) is 54.5 Å². The van der Waals surface area contributed by atoms with E-state index in [9.17, 15) is 9.46 Å². The number of thiol groups is 1. The second kappa shape index (κ2) is 11.6. The van der Waals surface area contributed by atoms with Crippen molar-refractivity contribution in [1.29, 1.82) is 0 Å². The molecule has 2 unspecified atom stereocenters. The summed E-state index contributed by atoms with van der Waals surface area (Å²) in [6.07, 6.45) is -7.98. The number of nitrogens with two attached hydrogens (primary N) is 2. The number of fused-ring (bicyclic) bond motifs is 4. The summed E-state index contributed by atoms with van der Waals surface area (Å²) in [6.45, 7) is -9.28. The Hall–Kier alpha value is -2.49. The third kappa shape index (κ3) is 5.71. The minimum atomic E-state index is -4.26. The Morgan fingerprint density at radius 3 is 1.96 bits per heavy atom. The molecule has 0 amide bonds. The molecule has 0 aliphatic carbocycles. The molecule has 3 aliphatic heterocycles. The van der Waals surface area contributed by atoms with E-state index < -0.39 is 82.1 Å². The molecular formula is C21H24F2N10O8P2S2. The predicted molar refractivity (Wildman–Crippen MR) is 157 cm³/mol. The summed E-state index contributed by atoms with van der Waals surface area (Å²) < 4.78 is 81.9. The first-order valence-electron chi connectivity index (χ1n) is 13.1. The van der Waals surface area contributed by atoms with Crippen LogP contribution in [0.3, 0.4) is 0 Å².